The van der Waals surface area contributed by atoms with Crippen LogP contribution in [0.1, 0.15) is 18.1 Å². The molecule has 0 unspecified atom stereocenters. The zero-order valence-corrected chi connectivity index (χ0v) is 11.7. The lowest BCUT2D eigenvalue weighted by Gasteiger charge is -2.02. The van der Waals surface area contributed by atoms with Gasteiger partial charge in [-0.15, -0.1) is 0 Å². The number of aromatic nitrogens is 1. The molecule has 6 heteroatoms. The van der Waals surface area contributed by atoms with E-state index in [4.69, 9.17) is 0 Å². The Morgan fingerprint density at radius 1 is 1.30 bits per heavy atom. The molecule has 0 radical (unpaired) electrons. The summed E-state index contributed by atoms with van der Waals surface area (Å²) in [6.45, 7) is 2.16. The van der Waals surface area contributed by atoms with Crippen LogP contribution in [-0.4, -0.2) is 22.3 Å². The first-order valence-corrected chi connectivity index (χ1v) is 6.91. The summed E-state index contributed by atoms with van der Waals surface area (Å²) in [5, 5.41) is 9.38. The third kappa shape index (κ3) is 3.42. The molecule has 0 saturated heterocycles. The van der Waals surface area contributed by atoms with Crippen LogP contribution in [0.15, 0.2) is 44.9 Å². The van der Waals surface area contributed by atoms with Gasteiger partial charge >= 0.3 is 4.87 Å². The number of hydrogen-bond acceptors (Lipinski definition) is 5. The number of aromatic hydroxyl groups is 1. The fourth-order valence-corrected chi connectivity index (χ4v) is 2.47. The fraction of sp³-hybridized carbons (Fsp3) is 0.214. The van der Waals surface area contributed by atoms with Gasteiger partial charge in [0, 0.05) is 12.3 Å². The topological polar surface area (TPSA) is 82.5 Å². The molecule has 1 heterocycles. The molecule has 2 rings (SSSR count). The van der Waals surface area contributed by atoms with Crippen LogP contribution in [0.25, 0.3) is 0 Å². The van der Waals surface area contributed by atoms with Crippen molar-refractivity contribution in [2.45, 2.75) is 13.3 Å². The number of rotatable bonds is 4. The normalized spacial score (nSPS) is 11.6. The highest BCUT2D eigenvalue weighted by molar-refractivity contribution is 7.11. The van der Waals surface area contributed by atoms with Gasteiger partial charge in [0.05, 0.1) is 0 Å². The Morgan fingerprint density at radius 3 is 2.65 bits per heavy atom. The molecule has 0 atom stereocenters. The minimum Gasteiger partial charge on any atom is -0.499 e. The van der Waals surface area contributed by atoms with E-state index in [1.54, 1.807) is 6.92 Å². The van der Waals surface area contributed by atoms with Crippen molar-refractivity contribution >= 4 is 17.0 Å². The molecular weight excluding hydrogens is 276 g/mol. The fourth-order valence-electron chi connectivity index (χ4n) is 1.81. The molecule has 5 nitrogen and oxygen atoms in total. The highest BCUT2D eigenvalue weighted by atomic mass is 32.1. The van der Waals surface area contributed by atoms with E-state index in [2.05, 4.69) is 9.98 Å². The van der Waals surface area contributed by atoms with E-state index < -0.39 is 10.4 Å². The van der Waals surface area contributed by atoms with E-state index in [1.807, 2.05) is 30.3 Å². The molecule has 0 aliphatic heterocycles. The maximum atomic E-state index is 11.6. The van der Waals surface area contributed by atoms with Crippen LogP contribution in [0.5, 0.6) is 5.06 Å². The van der Waals surface area contributed by atoms with Crippen LogP contribution >= 0.6 is 11.3 Å². The summed E-state index contributed by atoms with van der Waals surface area (Å²) in [5.41, 5.74) is 1.05. The zero-order valence-electron chi connectivity index (χ0n) is 10.9. The molecule has 20 heavy (non-hydrogen) atoms. The lowest BCUT2D eigenvalue weighted by Crippen LogP contribution is -2.22. The Labute approximate surface area is 119 Å². The van der Waals surface area contributed by atoms with E-state index in [0.717, 1.165) is 12.0 Å². The van der Waals surface area contributed by atoms with Crippen molar-refractivity contribution in [1.82, 2.24) is 4.98 Å². The number of hydrogen-bond donors (Lipinski definition) is 2. The highest BCUT2D eigenvalue weighted by Gasteiger charge is 2.11. The molecule has 0 bridgehead atoms. The summed E-state index contributed by atoms with van der Waals surface area (Å²) < 4.78 is 0. The Kier molecular flexibility index (Phi) is 4.47. The van der Waals surface area contributed by atoms with Gasteiger partial charge < -0.3 is 5.11 Å². The molecule has 104 valence electrons. The number of aliphatic imine (C=N–C) groups is 1. The van der Waals surface area contributed by atoms with E-state index in [9.17, 15) is 14.7 Å². The summed E-state index contributed by atoms with van der Waals surface area (Å²) in [5.74, 6) is 0. The Balaban J connectivity index is 2.15. The van der Waals surface area contributed by atoms with Gasteiger partial charge in [-0.05, 0) is 30.2 Å². The van der Waals surface area contributed by atoms with Crippen molar-refractivity contribution in [3.63, 3.8) is 0 Å². The smallest absolute Gasteiger partial charge is 0.310 e. The van der Waals surface area contributed by atoms with Gasteiger partial charge in [0.1, 0.15) is 5.56 Å². The first kappa shape index (κ1) is 14.2. The second-order valence-corrected chi connectivity index (χ2v) is 5.19. The van der Waals surface area contributed by atoms with Crippen molar-refractivity contribution in [3.05, 3.63) is 61.5 Å². The molecule has 0 aliphatic carbocycles. The van der Waals surface area contributed by atoms with Crippen LogP contribution in [0, 0.1) is 0 Å². The van der Waals surface area contributed by atoms with E-state index in [1.165, 1.54) is 0 Å². The third-order valence-electron chi connectivity index (χ3n) is 2.80. The van der Waals surface area contributed by atoms with Crippen molar-refractivity contribution in [3.8, 4) is 5.06 Å². The van der Waals surface area contributed by atoms with Gasteiger partial charge in [0.25, 0.3) is 5.56 Å². The van der Waals surface area contributed by atoms with Crippen molar-refractivity contribution in [2.75, 3.05) is 6.54 Å². The van der Waals surface area contributed by atoms with Gasteiger partial charge in [-0.3, -0.25) is 19.6 Å². The number of nitrogens with zero attached hydrogens (tertiary/aromatic N) is 1. The van der Waals surface area contributed by atoms with Crippen LogP contribution in [0.4, 0.5) is 0 Å². The predicted molar refractivity (Wildman–Crippen MR) is 80.1 cm³/mol. The molecule has 2 aromatic rings. The maximum absolute atomic E-state index is 11.6. The Hall–Kier alpha value is -2.21. The van der Waals surface area contributed by atoms with Crippen molar-refractivity contribution in [1.29, 1.82) is 0 Å². The standard InChI is InChI=1S/C14H14N2O3S/c1-9(11-12(17)16-14(19)20-13(11)18)15-8-7-10-5-3-2-4-6-10/h2-6,18H,7-8H2,1H3,(H,16,17,19). The molecular formula is C14H14N2O3S. The van der Waals surface area contributed by atoms with Gasteiger partial charge in [-0.2, -0.15) is 0 Å². The molecule has 0 aliphatic rings. The monoisotopic (exact) mass is 290 g/mol. The summed E-state index contributed by atoms with van der Waals surface area (Å²) in [6, 6.07) is 9.86. The summed E-state index contributed by atoms with van der Waals surface area (Å²) in [6.07, 6.45) is 0.750. The minimum atomic E-state index is -0.604. The summed E-state index contributed by atoms with van der Waals surface area (Å²) in [7, 11) is 0. The third-order valence-corrected chi connectivity index (χ3v) is 3.48. The van der Waals surface area contributed by atoms with Crippen LogP contribution in [0.3, 0.4) is 0 Å². The van der Waals surface area contributed by atoms with Crippen molar-refractivity contribution in [2.24, 2.45) is 4.99 Å². The largest absolute Gasteiger partial charge is 0.499 e. The average Bonchev–Trinajstić information content (AvgIpc) is 2.38. The SMILES string of the molecule is CC(=NCCc1ccccc1)c1c(O)sc(=O)[nH]c1=O. The van der Waals surface area contributed by atoms with E-state index in [-0.39, 0.29) is 10.6 Å². The zero-order chi connectivity index (χ0) is 14.5. The van der Waals surface area contributed by atoms with Crippen LogP contribution < -0.4 is 10.4 Å². The number of nitrogens with one attached hydrogen (secondary N) is 1. The molecule has 0 fully saturated rings. The Bertz CT molecular complexity index is 732. The number of aromatic amines is 1. The molecule has 1 aromatic carbocycles. The molecule has 0 amide bonds. The van der Waals surface area contributed by atoms with Gasteiger partial charge in [-0.25, -0.2) is 0 Å². The molecule has 1 aromatic heterocycles. The summed E-state index contributed by atoms with van der Waals surface area (Å²) >= 11 is 0.595. The first-order valence-electron chi connectivity index (χ1n) is 6.09. The van der Waals surface area contributed by atoms with Crippen LogP contribution in [-0.2, 0) is 6.42 Å². The molecule has 0 saturated carbocycles. The average molecular weight is 290 g/mol. The Morgan fingerprint density at radius 2 is 2.00 bits per heavy atom. The van der Waals surface area contributed by atoms with Gasteiger partial charge in [-0.1, -0.05) is 30.3 Å². The number of benzene rings is 1. The number of H-pyrrole nitrogens is 1. The predicted octanol–water partition coefficient (Wildman–Crippen LogP) is 1.55. The second-order valence-electron chi connectivity index (χ2n) is 4.23. The quantitative estimate of drug-likeness (QED) is 0.838. The first-order chi connectivity index (χ1) is 9.58. The van der Waals surface area contributed by atoms with E-state index in [0.29, 0.717) is 23.6 Å². The van der Waals surface area contributed by atoms with Gasteiger partial charge in [0.2, 0.25) is 0 Å². The van der Waals surface area contributed by atoms with E-state index >= 15 is 0 Å². The van der Waals surface area contributed by atoms with Crippen LogP contribution in [0.2, 0.25) is 0 Å². The lowest BCUT2D eigenvalue weighted by atomic mass is 10.1. The van der Waals surface area contributed by atoms with Gasteiger partial charge in [0.15, 0.2) is 5.06 Å². The summed E-state index contributed by atoms with van der Waals surface area (Å²) in [4.78, 5) is 28.5. The maximum Gasteiger partial charge on any atom is 0.310 e. The highest BCUT2D eigenvalue weighted by Crippen LogP contribution is 2.15. The lowest BCUT2D eigenvalue weighted by molar-refractivity contribution is 0.487. The molecule has 2 N–H and O–H groups in total. The molecule has 0 spiro atoms. The van der Waals surface area contributed by atoms with Crippen molar-refractivity contribution < 1.29 is 5.11 Å². The second kappa shape index (κ2) is 6.29. The minimum absolute atomic E-state index is 0.0719.